The summed E-state index contributed by atoms with van der Waals surface area (Å²) in [5, 5.41) is 7.66. The van der Waals surface area contributed by atoms with E-state index in [1.807, 2.05) is 58.0 Å². The van der Waals surface area contributed by atoms with Gasteiger partial charge in [0.15, 0.2) is 0 Å². The van der Waals surface area contributed by atoms with Crippen LogP contribution in [0.1, 0.15) is 60.0 Å². The molecule has 0 bridgehead atoms. The average Bonchev–Trinajstić information content (AvgIpc) is 3.01. The normalized spacial score (nSPS) is 12.4. The highest BCUT2D eigenvalue weighted by molar-refractivity contribution is 6.06. The number of carbonyl (C=O) groups excluding carboxylic acids is 1. The topological polar surface area (TPSA) is 77.2 Å². The zero-order valence-corrected chi connectivity index (χ0v) is 15.7. The van der Waals surface area contributed by atoms with Gasteiger partial charge in [-0.15, -0.1) is 0 Å². The zero-order valence-electron chi connectivity index (χ0n) is 15.7. The summed E-state index contributed by atoms with van der Waals surface area (Å²) in [6, 6.07) is 9.25. The fourth-order valence-corrected chi connectivity index (χ4v) is 2.96. The van der Waals surface area contributed by atoms with Crippen LogP contribution in [0.2, 0.25) is 0 Å². The van der Waals surface area contributed by atoms with E-state index in [1.165, 1.54) is 0 Å². The van der Waals surface area contributed by atoms with Gasteiger partial charge in [-0.25, -0.2) is 4.98 Å². The minimum absolute atomic E-state index is 0.169. The number of aromatic nitrogens is 2. The van der Waals surface area contributed by atoms with Crippen LogP contribution >= 0.6 is 0 Å². The Labute approximate surface area is 152 Å². The molecule has 0 saturated carbocycles. The van der Waals surface area contributed by atoms with Gasteiger partial charge < -0.3 is 14.6 Å². The average molecular weight is 353 g/mol. The van der Waals surface area contributed by atoms with Crippen molar-refractivity contribution in [2.75, 3.05) is 7.11 Å². The third kappa shape index (κ3) is 3.27. The highest BCUT2D eigenvalue weighted by Gasteiger charge is 2.22. The van der Waals surface area contributed by atoms with Crippen LogP contribution < -0.4 is 10.1 Å². The minimum Gasteiger partial charge on any atom is -0.496 e. The van der Waals surface area contributed by atoms with Gasteiger partial charge in [-0.05, 0) is 31.9 Å². The van der Waals surface area contributed by atoms with Crippen LogP contribution in [0, 0.1) is 6.92 Å². The molecule has 0 aliphatic carbocycles. The van der Waals surface area contributed by atoms with Crippen molar-refractivity contribution >= 4 is 17.0 Å². The monoisotopic (exact) mass is 353 g/mol. The lowest BCUT2D eigenvalue weighted by atomic mass is 10.0. The molecule has 3 rings (SSSR count). The van der Waals surface area contributed by atoms with Crippen LogP contribution in [-0.2, 0) is 0 Å². The fourth-order valence-electron chi connectivity index (χ4n) is 2.96. The van der Waals surface area contributed by atoms with Crippen LogP contribution in [-0.4, -0.2) is 23.2 Å². The van der Waals surface area contributed by atoms with Gasteiger partial charge in [-0.1, -0.05) is 37.2 Å². The second-order valence-electron chi connectivity index (χ2n) is 6.63. The number of amides is 1. The molecule has 1 aromatic carbocycles. The van der Waals surface area contributed by atoms with E-state index in [0.717, 1.165) is 17.0 Å². The van der Waals surface area contributed by atoms with Crippen LogP contribution in [0.3, 0.4) is 0 Å². The van der Waals surface area contributed by atoms with Crippen molar-refractivity contribution < 1.29 is 14.1 Å². The molecule has 1 unspecified atom stereocenters. The minimum atomic E-state index is -0.218. The molecule has 0 fully saturated rings. The second kappa shape index (κ2) is 7.15. The molecule has 1 amide bonds. The lowest BCUT2D eigenvalue weighted by Gasteiger charge is -2.18. The first-order valence-electron chi connectivity index (χ1n) is 8.63. The first kappa shape index (κ1) is 17.9. The number of aryl methyl sites for hydroxylation is 1. The van der Waals surface area contributed by atoms with Gasteiger partial charge in [-0.2, -0.15) is 0 Å². The molecular weight excluding hydrogens is 330 g/mol. The molecule has 0 spiro atoms. The third-order valence-corrected chi connectivity index (χ3v) is 4.43. The van der Waals surface area contributed by atoms with E-state index in [9.17, 15) is 4.79 Å². The smallest absolute Gasteiger partial charge is 0.259 e. The molecule has 1 atom stereocenters. The van der Waals surface area contributed by atoms with E-state index >= 15 is 0 Å². The van der Waals surface area contributed by atoms with E-state index < -0.39 is 0 Å². The highest BCUT2D eigenvalue weighted by Crippen LogP contribution is 2.27. The first-order chi connectivity index (χ1) is 12.4. The van der Waals surface area contributed by atoms with Crippen molar-refractivity contribution in [1.29, 1.82) is 0 Å². The summed E-state index contributed by atoms with van der Waals surface area (Å²) < 4.78 is 10.7. The Morgan fingerprint density at radius 2 is 1.96 bits per heavy atom. The summed E-state index contributed by atoms with van der Waals surface area (Å²) in [6.07, 6.45) is 0. The molecule has 6 heteroatoms. The van der Waals surface area contributed by atoms with Crippen LogP contribution in [0.4, 0.5) is 0 Å². The number of hydrogen-bond donors (Lipinski definition) is 1. The zero-order chi connectivity index (χ0) is 18.8. The van der Waals surface area contributed by atoms with Gasteiger partial charge in [0.25, 0.3) is 11.6 Å². The number of benzene rings is 1. The maximum absolute atomic E-state index is 13.0. The molecule has 26 heavy (non-hydrogen) atoms. The summed E-state index contributed by atoms with van der Waals surface area (Å²) in [5.74, 6) is 0.719. The Hall–Kier alpha value is -2.89. The highest BCUT2D eigenvalue weighted by atomic mass is 16.5. The molecule has 136 valence electrons. The molecule has 0 saturated heterocycles. The van der Waals surface area contributed by atoms with Gasteiger partial charge in [0.05, 0.1) is 29.8 Å². The summed E-state index contributed by atoms with van der Waals surface area (Å²) >= 11 is 0. The third-order valence-electron chi connectivity index (χ3n) is 4.43. The summed E-state index contributed by atoms with van der Waals surface area (Å²) in [5.41, 5.74) is 3.28. The predicted octanol–water partition coefficient (Wildman–Crippen LogP) is 4.15. The molecule has 2 heterocycles. The van der Waals surface area contributed by atoms with E-state index in [-0.39, 0.29) is 17.9 Å². The van der Waals surface area contributed by atoms with Crippen molar-refractivity contribution in [3.8, 4) is 5.75 Å². The number of carbonyl (C=O) groups is 1. The number of methoxy groups -OCH3 is 1. The van der Waals surface area contributed by atoms with Crippen molar-refractivity contribution in [2.24, 2.45) is 0 Å². The summed E-state index contributed by atoms with van der Waals surface area (Å²) in [4.78, 5) is 17.5. The number of nitrogens with zero attached hydrogens (tertiary/aromatic N) is 2. The van der Waals surface area contributed by atoms with Crippen molar-refractivity contribution in [3.05, 3.63) is 52.8 Å². The number of rotatable bonds is 5. The second-order valence-corrected chi connectivity index (χ2v) is 6.63. The largest absolute Gasteiger partial charge is 0.496 e. The number of hydrogen-bond acceptors (Lipinski definition) is 5. The van der Waals surface area contributed by atoms with Gasteiger partial charge in [0, 0.05) is 11.3 Å². The molecule has 0 aliphatic heterocycles. The Morgan fingerprint density at radius 3 is 2.65 bits per heavy atom. The van der Waals surface area contributed by atoms with Gasteiger partial charge >= 0.3 is 0 Å². The Bertz CT molecular complexity index is 947. The van der Waals surface area contributed by atoms with Crippen LogP contribution in [0.25, 0.3) is 11.1 Å². The van der Waals surface area contributed by atoms with Gasteiger partial charge in [0.2, 0.25) is 0 Å². The first-order valence-corrected chi connectivity index (χ1v) is 8.63. The summed E-state index contributed by atoms with van der Waals surface area (Å²) in [6.45, 7) is 7.79. The van der Waals surface area contributed by atoms with Crippen LogP contribution in [0.15, 0.2) is 34.9 Å². The number of para-hydroxylation sites is 1. The molecule has 0 radical (unpaired) electrons. The quantitative estimate of drug-likeness (QED) is 0.745. The molecule has 0 aliphatic rings. The van der Waals surface area contributed by atoms with Gasteiger partial charge in [0.1, 0.15) is 5.75 Å². The molecule has 1 N–H and O–H groups in total. The fraction of sp³-hybridized carbons (Fsp3) is 0.350. The van der Waals surface area contributed by atoms with E-state index in [1.54, 1.807) is 7.11 Å². The lowest BCUT2D eigenvalue weighted by Crippen LogP contribution is -2.27. The molecule has 2 aromatic heterocycles. The predicted molar refractivity (Wildman–Crippen MR) is 99.5 cm³/mol. The van der Waals surface area contributed by atoms with Gasteiger partial charge in [-0.3, -0.25) is 4.79 Å². The van der Waals surface area contributed by atoms with E-state index in [2.05, 4.69) is 15.5 Å². The van der Waals surface area contributed by atoms with E-state index in [0.29, 0.717) is 22.4 Å². The molecular formula is C20H23N3O3. The van der Waals surface area contributed by atoms with Crippen molar-refractivity contribution in [1.82, 2.24) is 15.5 Å². The summed E-state index contributed by atoms with van der Waals surface area (Å²) in [7, 11) is 1.62. The Balaban J connectivity index is 1.98. The standard InChI is InChI=1S/C20H23N3O3/c1-11(2)16-10-15(18-13(4)23-26-20(18)22-16)19(24)21-12(3)14-8-6-7-9-17(14)25-5/h6-12H,1-5H3,(H,21,24). The Kier molecular flexibility index (Phi) is 4.93. The maximum Gasteiger partial charge on any atom is 0.259 e. The number of pyridine rings is 1. The SMILES string of the molecule is COc1ccccc1C(C)NC(=O)c1cc(C(C)C)nc2onc(C)c12. The molecule has 3 aromatic rings. The number of fused-ring (bicyclic) bond motifs is 1. The Morgan fingerprint density at radius 1 is 1.23 bits per heavy atom. The number of nitrogens with one attached hydrogen (secondary N) is 1. The van der Waals surface area contributed by atoms with Crippen molar-refractivity contribution in [2.45, 2.75) is 39.7 Å². The maximum atomic E-state index is 13.0. The van der Waals surface area contributed by atoms with Crippen LogP contribution in [0.5, 0.6) is 5.75 Å². The molecule has 6 nitrogen and oxygen atoms in total. The van der Waals surface area contributed by atoms with E-state index in [4.69, 9.17) is 9.26 Å². The lowest BCUT2D eigenvalue weighted by molar-refractivity contribution is 0.0941. The van der Waals surface area contributed by atoms with Crippen molar-refractivity contribution in [3.63, 3.8) is 0 Å². The number of ether oxygens (including phenoxy) is 1.